The molecule has 0 bridgehead atoms. The predicted octanol–water partition coefficient (Wildman–Crippen LogP) is 2.07. The molecule has 1 aromatic carbocycles. The van der Waals surface area contributed by atoms with Gasteiger partial charge in [0.25, 0.3) is 5.91 Å². The molecule has 1 unspecified atom stereocenters. The Labute approximate surface area is 136 Å². The number of morpholine rings is 1. The maximum Gasteiger partial charge on any atom is 0.273 e. The van der Waals surface area contributed by atoms with E-state index in [1.807, 2.05) is 11.8 Å². The van der Waals surface area contributed by atoms with Gasteiger partial charge >= 0.3 is 0 Å². The molecule has 1 amide bonds. The summed E-state index contributed by atoms with van der Waals surface area (Å²) in [5.41, 5.74) is 2.95. The van der Waals surface area contributed by atoms with Gasteiger partial charge < -0.3 is 9.64 Å². The topological polar surface area (TPSA) is 60.2 Å². The molecule has 0 radical (unpaired) electrons. The minimum absolute atomic E-state index is 0.0321. The summed E-state index contributed by atoms with van der Waals surface area (Å²) in [6.45, 7) is 6.41. The lowest BCUT2D eigenvalue weighted by molar-refractivity contribution is -0.0232. The second-order valence-corrected chi connectivity index (χ2v) is 5.64. The maximum absolute atomic E-state index is 12.7. The number of aryl methyl sites for hydroxylation is 2. The Balaban J connectivity index is 1.73. The summed E-state index contributed by atoms with van der Waals surface area (Å²) in [5.74, 6) is -0.0321. The minimum Gasteiger partial charge on any atom is -0.370 e. The monoisotopic (exact) mass is 314 g/mol. The van der Waals surface area contributed by atoms with E-state index in [0.717, 1.165) is 12.0 Å². The van der Waals surface area contributed by atoms with Crippen molar-refractivity contribution in [3.63, 3.8) is 0 Å². The van der Waals surface area contributed by atoms with E-state index in [1.165, 1.54) is 11.8 Å². The standard InChI is InChI=1S/C17H22N4O2/c1-3-13-5-7-14(8-6-13)16-12-20(9-10-23-16)17(22)15-11-18-19-21(15)4-2/h5-8,11,16H,3-4,9-10,12H2,1-2H3. The van der Waals surface area contributed by atoms with Crippen LogP contribution >= 0.6 is 0 Å². The summed E-state index contributed by atoms with van der Waals surface area (Å²) >= 11 is 0. The smallest absolute Gasteiger partial charge is 0.273 e. The average Bonchev–Trinajstić information content (AvgIpc) is 3.10. The van der Waals surface area contributed by atoms with Gasteiger partial charge in [-0.15, -0.1) is 5.10 Å². The fourth-order valence-corrected chi connectivity index (χ4v) is 2.82. The summed E-state index contributed by atoms with van der Waals surface area (Å²) in [7, 11) is 0. The summed E-state index contributed by atoms with van der Waals surface area (Å²) in [6, 6.07) is 8.43. The van der Waals surface area contributed by atoms with Crippen LogP contribution in [0.25, 0.3) is 0 Å². The first kappa shape index (κ1) is 15.7. The van der Waals surface area contributed by atoms with Gasteiger partial charge in [0.1, 0.15) is 11.8 Å². The molecule has 3 rings (SSSR count). The summed E-state index contributed by atoms with van der Waals surface area (Å²) < 4.78 is 7.49. The number of hydrogen-bond donors (Lipinski definition) is 0. The Morgan fingerprint density at radius 1 is 1.30 bits per heavy atom. The van der Waals surface area contributed by atoms with Crippen LogP contribution in [0.4, 0.5) is 0 Å². The van der Waals surface area contributed by atoms with E-state index < -0.39 is 0 Å². The van der Waals surface area contributed by atoms with Crippen LogP contribution in [0.1, 0.15) is 41.6 Å². The van der Waals surface area contributed by atoms with Crippen molar-refractivity contribution in [2.24, 2.45) is 0 Å². The molecule has 2 aromatic rings. The first-order valence-corrected chi connectivity index (χ1v) is 8.11. The molecular weight excluding hydrogens is 292 g/mol. The quantitative estimate of drug-likeness (QED) is 0.867. The summed E-state index contributed by atoms with van der Waals surface area (Å²) in [6.07, 6.45) is 2.47. The van der Waals surface area contributed by atoms with Crippen LogP contribution in [0.5, 0.6) is 0 Å². The third kappa shape index (κ3) is 3.27. The molecule has 1 fully saturated rings. The van der Waals surface area contributed by atoms with Crippen molar-refractivity contribution >= 4 is 5.91 Å². The highest BCUT2D eigenvalue weighted by molar-refractivity contribution is 5.92. The number of aromatic nitrogens is 3. The molecule has 122 valence electrons. The van der Waals surface area contributed by atoms with Crippen molar-refractivity contribution < 1.29 is 9.53 Å². The first-order chi connectivity index (χ1) is 11.2. The van der Waals surface area contributed by atoms with Gasteiger partial charge in [0, 0.05) is 13.1 Å². The van der Waals surface area contributed by atoms with Crippen LogP contribution in [0, 0.1) is 0 Å². The lowest BCUT2D eigenvalue weighted by atomic mass is 10.0. The Morgan fingerprint density at radius 3 is 2.78 bits per heavy atom. The molecule has 6 nitrogen and oxygen atoms in total. The van der Waals surface area contributed by atoms with Crippen LogP contribution in [-0.4, -0.2) is 45.5 Å². The van der Waals surface area contributed by atoms with Crippen molar-refractivity contribution in [3.05, 3.63) is 47.3 Å². The van der Waals surface area contributed by atoms with Crippen LogP contribution in [0.3, 0.4) is 0 Å². The molecule has 23 heavy (non-hydrogen) atoms. The highest BCUT2D eigenvalue weighted by Crippen LogP contribution is 2.23. The van der Waals surface area contributed by atoms with Crippen LogP contribution < -0.4 is 0 Å². The molecule has 1 aromatic heterocycles. The Morgan fingerprint density at radius 2 is 2.09 bits per heavy atom. The Bertz CT molecular complexity index is 665. The van der Waals surface area contributed by atoms with E-state index >= 15 is 0 Å². The highest BCUT2D eigenvalue weighted by atomic mass is 16.5. The number of nitrogens with zero attached hydrogens (tertiary/aromatic N) is 4. The fourth-order valence-electron chi connectivity index (χ4n) is 2.82. The van der Waals surface area contributed by atoms with Gasteiger partial charge in [-0.25, -0.2) is 4.68 Å². The van der Waals surface area contributed by atoms with Gasteiger partial charge in [0.2, 0.25) is 0 Å². The van der Waals surface area contributed by atoms with Crippen molar-refractivity contribution in [2.45, 2.75) is 32.9 Å². The molecular formula is C17H22N4O2. The van der Waals surface area contributed by atoms with Gasteiger partial charge in [0.05, 0.1) is 19.3 Å². The van der Waals surface area contributed by atoms with Crippen molar-refractivity contribution in [1.82, 2.24) is 19.9 Å². The third-order valence-corrected chi connectivity index (χ3v) is 4.25. The molecule has 0 N–H and O–H groups in total. The van der Waals surface area contributed by atoms with E-state index in [4.69, 9.17) is 4.74 Å². The fraction of sp³-hybridized carbons (Fsp3) is 0.471. The zero-order valence-electron chi connectivity index (χ0n) is 13.6. The largest absolute Gasteiger partial charge is 0.370 e. The van der Waals surface area contributed by atoms with Crippen LogP contribution in [0.2, 0.25) is 0 Å². The first-order valence-electron chi connectivity index (χ1n) is 8.11. The summed E-state index contributed by atoms with van der Waals surface area (Å²) in [4.78, 5) is 14.5. The lowest BCUT2D eigenvalue weighted by Gasteiger charge is -2.33. The third-order valence-electron chi connectivity index (χ3n) is 4.25. The Kier molecular flexibility index (Phi) is 4.71. The number of benzene rings is 1. The second-order valence-electron chi connectivity index (χ2n) is 5.64. The van der Waals surface area contributed by atoms with Crippen molar-refractivity contribution in [3.8, 4) is 0 Å². The van der Waals surface area contributed by atoms with Gasteiger partial charge in [-0.1, -0.05) is 36.4 Å². The minimum atomic E-state index is -0.0791. The molecule has 1 saturated heterocycles. The molecule has 6 heteroatoms. The highest BCUT2D eigenvalue weighted by Gasteiger charge is 2.27. The SMILES string of the molecule is CCc1ccc(C2CN(C(=O)c3cnnn3CC)CCO2)cc1. The number of amides is 1. The molecule has 1 aliphatic heterocycles. The maximum atomic E-state index is 12.7. The number of hydrogen-bond acceptors (Lipinski definition) is 4. The zero-order valence-corrected chi connectivity index (χ0v) is 13.6. The van der Waals surface area contributed by atoms with Crippen LogP contribution in [-0.2, 0) is 17.7 Å². The molecule has 0 spiro atoms. The molecule has 1 atom stereocenters. The average molecular weight is 314 g/mol. The van der Waals surface area contributed by atoms with E-state index in [1.54, 1.807) is 4.68 Å². The van der Waals surface area contributed by atoms with Crippen LogP contribution in [0.15, 0.2) is 30.5 Å². The number of carbonyl (C=O) groups excluding carboxylic acids is 1. The molecule has 2 heterocycles. The van der Waals surface area contributed by atoms with Gasteiger partial charge in [-0.2, -0.15) is 0 Å². The molecule has 1 aliphatic rings. The number of carbonyl (C=O) groups is 1. The van der Waals surface area contributed by atoms with Crippen molar-refractivity contribution in [2.75, 3.05) is 19.7 Å². The number of rotatable bonds is 4. The lowest BCUT2D eigenvalue weighted by Crippen LogP contribution is -2.43. The predicted molar refractivity (Wildman–Crippen MR) is 86.1 cm³/mol. The normalized spacial score (nSPS) is 18.2. The number of ether oxygens (including phenoxy) is 1. The van der Waals surface area contributed by atoms with E-state index in [9.17, 15) is 4.79 Å². The molecule has 0 saturated carbocycles. The van der Waals surface area contributed by atoms with E-state index in [0.29, 0.717) is 31.9 Å². The van der Waals surface area contributed by atoms with Gasteiger partial charge in [0.15, 0.2) is 0 Å². The zero-order chi connectivity index (χ0) is 16.2. The second kappa shape index (κ2) is 6.91. The van der Waals surface area contributed by atoms with E-state index in [-0.39, 0.29) is 12.0 Å². The van der Waals surface area contributed by atoms with Crippen molar-refractivity contribution in [1.29, 1.82) is 0 Å². The van der Waals surface area contributed by atoms with Gasteiger partial charge in [-0.3, -0.25) is 4.79 Å². The Hall–Kier alpha value is -2.21. The molecule has 0 aliphatic carbocycles. The summed E-state index contributed by atoms with van der Waals surface area (Å²) in [5, 5.41) is 7.77. The van der Waals surface area contributed by atoms with Gasteiger partial charge in [-0.05, 0) is 24.5 Å². The van der Waals surface area contributed by atoms with E-state index in [2.05, 4.69) is 41.5 Å².